The molecule has 1 N–H and O–H groups in total. The van der Waals surface area contributed by atoms with Crippen LogP contribution in [0.25, 0.3) is 0 Å². The summed E-state index contributed by atoms with van der Waals surface area (Å²) in [5.74, 6) is 0.948. The predicted molar refractivity (Wildman–Crippen MR) is 139 cm³/mol. The minimum absolute atomic E-state index is 0.298. The van der Waals surface area contributed by atoms with E-state index in [-0.39, 0.29) is 5.91 Å². The second-order valence-corrected chi connectivity index (χ2v) is 9.84. The van der Waals surface area contributed by atoms with E-state index in [1.165, 1.54) is 34.7 Å². The highest BCUT2D eigenvalue weighted by Gasteiger charge is 2.18. The lowest BCUT2D eigenvalue weighted by molar-refractivity contribution is 0.101. The summed E-state index contributed by atoms with van der Waals surface area (Å²) in [7, 11) is 1.57. The van der Waals surface area contributed by atoms with Crippen LogP contribution < -0.4 is 10.1 Å². The van der Waals surface area contributed by atoms with E-state index in [9.17, 15) is 4.79 Å². The van der Waals surface area contributed by atoms with Crippen LogP contribution in [0.15, 0.2) is 93.9 Å². The van der Waals surface area contributed by atoms with Gasteiger partial charge >= 0.3 is 0 Å². The molecule has 0 saturated carbocycles. The lowest BCUT2D eigenvalue weighted by atomic mass is 10.2. The van der Waals surface area contributed by atoms with E-state index in [2.05, 4.69) is 46.5 Å². The molecule has 5 nitrogen and oxygen atoms in total. The number of para-hydroxylation sites is 2. The molecule has 1 amide bonds. The smallest absolute Gasteiger partial charge is 0.275 e. The Hall–Kier alpha value is -3.00. The second-order valence-electron chi connectivity index (χ2n) is 7.35. The van der Waals surface area contributed by atoms with Gasteiger partial charge in [0.25, 0.3) is 5.91 Å². The molecule has 8 heteroatoms. The lowest BCUT2D eigenvalue weighted by Gasteiger charge is -2.12. The number of amides is 1. The molecule has 1 aromatic heterocycles. The average Bonchev–Trinajstić information content (AvgIpc) is 2.86. The Bertz CT molecular complexity index is 1280. The first kappa shape index (κ1) is 24.1. The predicted octanol–water partition coefficient (Wildman–Crippen LogP) is 7.14. The summed E-state index contributed by atoms with van der Waals surface area (Å²) in [6.45, 7) is 2.06. The number of carbonyl (C=O) groups is 1. The van der Waals surface area contributed by atoms with Crippen molar-refractivity contribution < 1.29 is 9.53 Å². The van der Waals surface area contributed by atoms with E-state index in [0.717, 1.165) is 4.90 Å². The normalized spacial score (nSPS) is 10.7. The topological polar surface area (TPSA) is 64.1 Å². The zero-order valence-electron chi connectivity index (χ0n) is 18.6. The minimum Gasteiger partial charge on any atom is -0.495 e. The Balaban J connectivity index is 1.61. The first-order chi connectivity index (χ1) is 16.5. The van der Waals surface area contributed by atoms with Crippen LogP contribution in [0.3, 0.4) is 0 Å². The standard InChI is InChI=1S/C26H22ClN3O2S2/c1-17-7-9-18(10-8-17)16-33-26-28-15-23(34-20-13-11-19(27)12-14-20)24(30-26)25(31)29-21-5-3-4-6-22(21)32-2/h3-15H,16H2,1-2H3,(H,29,31). The van der Waals surface area contributed by atoms with E-state index >= 15 is 0 Å². The molecule has 0 atom stereocenters. The Kier molecular flexibility index (Phi) is 8.11. The van der Waals surface area contributed by atoms with Gasteiger partial charge in [-0.05, 0) is 48.9 Å². The van der Waals surface area contributed by atoms with Gasteiger partial charge < -0.3 is 10.1 Å². The maximum absolute atomic E-state index is 13.3. The first-order valence-corrected chi connectivity index (χ1v) is 12.6. The van der Waals surface area contributed by atoms with Gasteiger partial charge in [-0.25, -0.2) is 9.97 Å². The maximum atomic E-state index is 13.3. The summed E-state index contributed by atoms with van der Waals surface area (Å²) in [5, 5.41) is 4.11. The molecular formula is C26H22ClN3O2S2. The number of hydrogen-bond acceptors (Lipinski definition) is 6. The fourth-order valence-corrected chi connectivity index (χ4v) is 4.82. The number of carbonyl (C=O) groups excluding carboxylic acids is 1. The van der Waals surface area contributed by atoms with Crippen LogP contribution in [-0.2, 0) is 5.75 Å². The van der Waals surface area contributed by atoms with Crippen molar-refractivity contribution in [2.24, 2.45) is 0 Å². The summed E-state index contributed by atoms with van der Waals surface area (Å²) < 4.78 is 5.37. The van der Waals surface area contributed by atoms with Gasteiger partial charge in [0, 0.05) is 21.9 Å². The molecule has 0 unspecified atom stereocenters. The number of rotatable bonds is 8. The highest BCUT2D eigenvalue weighted by Crippen LogP contribution is 2.33. The van der Waals surface area contributed by atoms with Gasteiger partial charge in [-0.1, -0.05) is 77.1 Å². The fourth-order valence-electron chi connectivity index (χ4n) is 3.05. The van der Waals surface area contributed by atoms with Crippen molar-refractivity contribution in [3.63, 3.8) is 0 Å². The molecule has 0 fully saturated rings. The van der Waals surface area contributed by atoms with Crippen molar-refractivity contribution in [2.45, 2.75) is 27.6 Å². The molecule has 1 heterocycles. The van der Waals surface area contributed by atoms with E-state index in [1.54, 1.807) is 25.4 Å². The summed E-state index contributed by atoms with van der Waals surface area (Å²) in [6.07, 6.45) is 1.70. The molecular weight excluding hydrogens is 486 g/mol. The summed E-state index contributed by atoms with van der Waals surface area (Å²) >= 11 is 8.92. The van der Waals surface area contributed by atoms with Gasteiger partial charge in [-0.2, -0.15) is 0 Å². The summed E-state index contributed by atoms with van der Waals surface area (Å²) in [5.41, 5.74) is 3.25. The van der Waals surface area contributed by atoms with Gasteiger partial charge in [0.15, 0.2) is 5.16 Å². The molecule has 0 bridgehead atoms. The number of aryl methyl sites for hydroxylation is 1. The molecule has 4 aromatic rings. The number of benzene rings is 3. The molecule has 0 saturated heterocycles. The van der Waals surface area contributed by atoms with Crippen LogP contribution in [0.4, 0.5) is 5.69 Å². The van der Waals surface area contributed by atoms with Crippen molar-refractivity contribution in [2.75, 3.05) is 12.4 Å². The molecule has 34 heavy (non-hydrogen) atoms. The Morgan fingerprint density at radius 2 is 1.76 bits per heavy atom. The van der Waals surface area contributed by atoms with Crippen molar-refractivity contribution in [1.29, 1.82) is 0 Å². The third-order valence-electron chi connectivity index (χ3n) is 4.83. The molecule has 0 aliphatic carbocycles. The van der Waals surface area contributed by atoms with Crippen molar-refractivity contribution in [3.8, 4) is 5.75 Å². The van der Waals surface area contributed by atoms with Crippen molar-refractivity contribution >= 4 is 46.7 Å². The number of aromatic nitrogens is 2. The average molecular weight is 508 g/mol. The number of halogens is 1. The number of thioether (sulfide) groups is 1. The van der Waals surface area contributed by atoms with Gasteiger partial charge in [0.1, 0.15) is 11.4 Å². The first-order valence-electron chi connectivity index (χ1n) is 10.4. The van der Waals surface area contributed by atoms with Gasteiger partial charge in [-0.15, -0.1) is 0 Å². The largest absolute Gasteiger partial charge is 0.495 e. The summed E-state index contributed by atoms with van der Waals surface area (Å²) in [6, 6.07) is 23.0. The quantitative estimate of drug-likeness (QED) is 0.202. The van der Waals surface area contributed by atoms with Gasteiger partial charge in [0.05, 0.1) is 17.7 Å². The molecule has 0 radical (unpaired) electrons. The Labute approximate surface area is 212 Å². The van der Waals surface area contributed by atoms with Crippen LogP contribution in [0.5, 0.6) is 5.75 Å². The molecule has 0 aliphatic rings. The summed E-state index contributed by atoms with van der Waals surface area (Å²) in [4.78, 5) is 24.0. The molecule has 172 valence electrons. The highest BCUT2D eigenvalue weighted by molar-refractivity contribution is 7.99. The fraction of sp³-hybridized carbons (Fsp3) is 0.115. The molecule has 0 aliphatic heterocycles. The number of nitrogens with one attached hydrogen (secondary N) is 1. The van der Waals surface area contributed by atoms with Crippen LogP contribution >= 0.6 is 35.1 Å². The highest BCUT2D eigenvalue weighted by atomic mass is 35.5. The van der Waals surface area contributed by atoms with Crippen LogP contribution in [-0.4, -0.2) is 23.0 Å². The number of nitrogens with zero attached hydrogens (tertiary/aromatic N) is 2. The van der Waals surface area contributed by atoms with Crippen LogP contribution in [0.1, 0.15) is 21.6 Å². The SMILES string of the molecule is COc1ccccc1NC(=O)c1nc(SCc2ccc(C)cc2)ncc1Sc1ccc(Cl)cc1. The minimum atomic E-state index is -0.333. The third-order valence-corrected chi connectivity index (χ3v) is 7.04. The van der Waals surface area contributed by atoms with Gasteiger partial charge in [-0.3, -0.25) is 4.79 Å². The Morgan fingerprint density at radius 3 is 2.50 bits per heavy atom. The van der Waals surface area contributed by atoms with E-state index in [4.69, 9.17) is 16.3 Å². The van der Waals surface area contributed by atoms with Crippen LogP contribution in [0, 0.1) is 6.92 Å². The molecule has 0 spiro atoms. The number of ether oxygens (including phenoxy) is 1. The van der Waals surface area contributed by atoms with Crippen molar-refractivity contribution in [3.05, 3.63) is 101 Å². The number of anilines is 1. The van der Waals surface area contributed by atoms with E-state index in [1.807, 2.05) is 36.4 Å². The second kappa shape index (κ2) is 11.4. The molecule has 3 aromatic carbocycles. The zero-order chi connectivity index (χ0) is 23.9. The van der Waals surface area contributed by atoms with Gasteiger partial charge in [0.2, 0.25) is 0 Å². The zero-order valence-corrected chi connectivity index (χ0v) is 21.0. The number of methoxy groups -OCH3 is 1. The van der Waals surface area contributed by atoms with Crippen LogP contribution in [0.2, 0.25) is 5.02 Å². The Morgan fingerprint density at radius 1 is 1.03 bits per heavy atom. The van der Waals surface area contributed by atoms with E-state index < -0.39 is 0 Å². The number of hydrogen-bond donors (Lipinski definition) is 1. The molecule has 4 rings (SSSR count). The lowest BCUT2D eigenvalue weighted by Crippen LogP contribution is -2.16. The maximum Gasteiger partial charge on any atom is 0.275 e. The van der Waals surface area contributed by atoms with Crippen molar-refractivity contribution in [1.82, 2.24) is 9.97 Å². The monoisotopic (exact) mass is 507 g/mol. The van der Waals surface area contributed by atoms with E-state index in [0.29, 0.717) is 38.0 Å². The third kappa shape index (κ3) is 6.32.